The predicted octanol–water partition coefficient (Wildman–Crippen LogP) is 2.63. The smallest absolute Gasteiger partial charge is 0.316 e. The third-order valence-corrected chi connectivity index (χ3v) is 3.42. The van der Waals surface area contributed by atoms with Crippen molar-refractivity contribution >= 4 is 33.6 Å². The summed E-state index contributed by atoms with van der Waals surface area (Å²) in [5.74, 6) is 0.414. The fourth-order valence-corrected chi connectivity index (χ4v) is 2.04. The molecule has 0 radical (unpaired) electrons. The van der Waals surface area contributed by atoms with E-state index in [4.69, 9.17) is 10.5 Å². The molecule has 0 bridgehead atoms. The number of anilines is 1. The Labute approximate surface area is 142 Å². The zero-order valence-electron chi connectivity index (χ0n) is 12.2. The molecule has 0 aliphatic heterocycles. The van der Waals surface area contributed by atoms with E-state index in [0.717, 1.165) is 10.0 Å². The lowest BCUT2D eigenvalue weighted by molar-refractivity contribution is -0.123. The van der Waals surface area contributed by atoms with Gasteiger partial charge in [-0.15, -0.1) is 0 Å². The van der Waals surface area contributed by atoms with E-state index >= 15 is 0 Å². The van der Waals surface area contributed by atoms with Gasteiger partial charge in [0.15, 0.2) is 6.61 Å². The topological polar surface area (TPSA) is 93.5 Å². The number of amides is 3. The van der Waals surface area contributed by atoms with Gasteiger partial charge in [-0.2, -0.15) is 0 Å². The minimum atomic E-state index is -0.615. The van der Waals surface area contributed by atoms with Crippen molar-refractivity contribution in [3.8, 4) is 5.75 Å². The molecular weight excluding hydrogens is 362 g/mol. The molecule has 0 aromatic heterocycles. The summed E-state index contributed by atoms with van der Waals surface area (Å²) in [6, 6.07) is 13.6. The number of nitrogens with two attached hydrogens (primary N) is 1. The summed E-state index contributed by atoms with van der Waals surface area (Å²) in [5, 5.41) is 5.22. The van der Waals surface area contributed by atoms with Crippen molar-refractivity contribution in [3.63, 3.8) is 0 Å². The molecule has 0 saturated carbocycles. The average Bonchev–Trinajstić information content (AvgIpc) is 2.53. The molecule has 23 heavy (non-hydrogen) atoms. The monoisotopic (exact) mass is 377 g/mol. The van der Waals surface area contributed by atoms with Crippen LogP contribution in [0.15, 0.2) is 53.0 Å². The molecule has 2 aromatic rings. The predicted molar refractivity (Wildman–Crippen MR) is 91.1 cm³/mol. The van der Waals surface area contributed by atoms with Crippen LogP contribution in [0.1, 0.15) is 5.56 Å². The number of carbonyl (C=O) groups excluding carboxylic acids is 2. The Bertz CT molecular complexity index is 672. The van der Waals surface area contributed by atoms with Gasteiger partial charge in [0, 0.05) is 16.7 Å². The standard InChI is InChI=1S/C16H16BrN3O3/c17-12-3-7-14(8-4-12)23-10-15(21)19-9-11-1-5-13(6-2-11)20-16(18)22/h1-8H,9-10H2,(H,19,21)(H3,18,20,22). The van der Waals surface area contributed by atoms with E-state index in [-0.39, 0.29) is 12.5 Å². The molecule has 0 atom stereocenters. The van der Waals surface area contributed by atoms with Gasteiger partial charge in [-0.05, 0) is 42.0 Å². The van der Waals surface area contributed by atoms with Gasteiger partial charge >= 0.3 is 6.03 Å². The average molecular weight is 378 g/mol. The van der Waals surface area contributed by atoms with Crippen molar-refractivity contribution in [3.05, 3.63) is 58.6 Å². The van der Waals surface area contributed by atoms with Crippen LogP contribution in [0, 0.1) is 0 Å². The van der Waals surface area contributed by atoms with Crippen molar-refractivity contribution in [2.24, 2.45) is 5.73 Å². The van der Waals surface area contributed by atoms with E-state index < -0.39 is 6.03 Å². The number of ether oxygens (including phenoxy) is 1. The molecule has 3 amide bonds. The zero-order chi connectivity index (χ0) is 16.7. The number of benzene rings is 2. The summed E-state index contributed by atoms with van der Waals surface area (Å²) in [7, 11) is 0. The van der Waals surface area contributed by atoms with Crippen molar-refractivity contribution < 1.29 is 14.3 Å². The van der Waals surface area contributed by atoms with Crippen LogP contribution in [0.25, 0.3) is 0 Å². The molecule has 0 heterocycles. The lowest BCUT2D eigenvalue weighted by Crippen LogP contribution is -2.28. The first-order valence-corrected chi connectivity index (χ1v) is 7.63. The van der Waals surface area contributed by atoms with E-state index in [1.165, 1.54) is 0 Å². The molecule has 0 aliphatic rings. The summed E-state index contributed by atoms with van der Waals surface area (Å²) < 4.78 is 6.33. The van der Waals surface area contributed by atoms with Crippen LogP contribution in [0.5, 0.6) is 5.75 Å². The van der Waals surface area contributed by atoms with Gasteiger partial charge in [-0.3, -0.25) is 4.79 Å². The van der Waals surface area contributed by atoms with Gasteiger partial charge in [0.1, 0.15) is 5.75 Å². The van der Waals surface area contributed by atoms with E-state index in [1.54, 1.807) is 36.4 Å². The SMILES string of the molecule is NC(=O)Nc1ccc(CNC(=O)COc2ccc(Br)cc2)cc1. The second-order valence-corrected chi connectivity index (χ2v) is 5.62. The fraction of sp³-hybridized carbons (Fsp3) is 0.125. The molecule has 2 rings (SSSR count). The molecule has 0 spiro atoms. The molecule has 0 aliphatic carbocycles. The maximum atomic E-state index is 11.8. The minimum Gasteiger partial charge on any atom is -0.484 e. The summed E-state index contributed by atoms with van der Waals surface area (Å²) in [6.07, 6.45) is 0. The Morgan fingerprint density at radius 3 is 2.30 bits per heavy atom. The van der Waals surface area contributed by atoms with Crippen molar-refractivity contribution in [1.29, 1.82) is 0 Å². The number of hydrogen-bond acceptors (Lipinski definition) is 3. The first-order chi connectivity index (χ1) is 11.0. The number of hydrogen-bond donors (Lipinski definition) is 3. The van der Waals surface area contributed by atoms with Crippen LogP contribution in [0.3, 0.4) is 0 Å². The van der Waals surface area contributed by atoms with E-state index in [9.17, 15) is 9.59 Å². The number of urea groups is 1. The highest BCUT2D eigenvalue weighted by Crippen LogP contribution is 2.15. The molecule has 120 valence electrons. The second kappa shape index (κ2) is 8.19. The normalized spacial score (nSPS) is 9.96. The highest BCUT2D eigenvalue weighted by Gasteiger charge is 2.03. The van der Waals surface area contributed by atoms with E-state index in [1.807, 2.05) is 12.1 Å². The van der Waals surface area contributed by atoms with Crippen LogP contribution >= 0.6 is 15.9 Å². The maximum absolute atomic E-state index is 11.8. The van der Waals surface area contributed by atoms with E-state index in [0.29, 0.717) is 18.0 Å². The molecule has 0 fully saturated rings. The molecular formula is C16H16BrN3O3. The quantitative estimate of drug-likeness (QED) is 0.722. The zero-order valence-corrected chi connectivity index (χ0v) is 13.8. The van der Waals surface area contributed by atoms with E-state index in [2.05, 4.69) is 26.6 Å². The Kier molecular flexibility index (Phi) is 5.99. The first kappa shape index (κ1) is 16.8. The third kappa shape index (κ3) is 5.99. The van der Waals surface area contributed by atoms with Crippen LogP contribution in [0.4, 0.5) is 10.5 Å². The molecule has 7 heteroatoms. The third-order valence-electron chi connectivity index (χ3n) is 2.89. The molecule has 6 nitrogen and oxygen atoms in total. The van der Waals surface area contributed by atoms with Crippen LogP contribution in [-0.2, 0) is 11.3 Å². The molecule has 0 saturated heterocycles. The second-order valence-electron chi connectivity index (χ2n) is 4.71. The largest absolute Gasteiger partial charge is 0.484 e. The van der Waals surface area contributed by atoms with Gasteiger partial charge in [0.25, 0.3) is 5.91 Å². The summed E-state index contributed by atoms with van der Waals surface area (Å²) in [4.78, 5) is 22.5. The van der Waals surface area contributed by atoms with Gasteiger partial charge in [-0.1, -0.05) is 28.1 Å². The van der Waals surface area contributed by atoms with Gasteiger partial charge in [-0.25, -0.2) is 4.79 Å². The number of halogens is 1. The highest BCUT2D eigenvalue weighted by molar-refractivity contribution is 9.10. The summed E-state index contributed by atoms with van der Waals surface area (Å²) in [5.41, 5.74) is 6.53. The van der Waals surface area contributed by atoms with Crippen molar-refractivity contribution in [2.45, 2.75) is 6.54 Å². The summed E-state index contributed by atoms with van der Waals surface area (Å²) >= 11 is 3.33. The van der Waals surface area contributed by atoms with Crippen LogP contribution in [-0.4, -0.2) is 18.5 Å². The molecule has 4 N–H and O–H groups in total. The summed E-state index contributed by atoms with van der Waals surface area (Å²) in [6.45, 7) is 0.322. The van der Waals surface area contributed by atoms with Crippen molar-refractivity contribution in [1.82, 2.24) is 5.32 Å². The van der Waals surface area contributed by atoms with Crippen LogP contribution < -0.4 is 21.1 Å². The maximum Gasteiger partial charge on any atom is 0.316 e. The highest BCUT2D eigenvalue weighted by atomic mass is 79.9. The first-order valence-electron chi connectivity index (χ1n) is 6.83. The van der Waals surface area contributed by atoms with Crippen molar-refractivity contribution in [2.75, 3.05) is 11.9 Å². The Morgan fingerprint density at radius 1 is 1.04 bits per heavy atom. The lowest BCUT2D eigenvalue weighted by atomic mass is 10.2. The molecule has 0 unspecified atom stereocenters. The number of primary amides is 1. The lowest BCUT2D eigenvalue weighted by Gasteiger charge is -2.08. The number of nitrogens with one attached hydrogen (secondary N) is 2. The number of carbonyl (C=O) groups is 2. The van der Waals surface area contributed by atoms with Gasteiger partial charge < -0.3 is 21.1 Å². The Morgan fingerprint density at radius 2 is 1.70 bits per heavy atom. The number of rotatable bonds is 6. The fourth-order valence-electron chi connectivity index (χ4n) is 1.78. The van der Waals surface area contributed by atoms with Gasteiger partial charge in [0.2, 0.25) is 0 Å². The van der Waals surface area contributed by atoms with Crippen LogP contribution in [0.2, 0.25) is 0 Å². The molecule has 2 aromatic carbocycles. The Balaban J connectivity index is 1.75. The minimum absolute atomic E-state index is 0.0526. The Hall–Kier alpha value is -2.54. The van der Waals surface area contributed by atoms with Gasteiger partial charge in [0.05, 0.1) is 0 Å².